The summed E-state index contributed by atoms with van der Waals surface area (Å²) >= 11 is 3.50. The quantitative estimate of drug-likeness (QED) is 0.244. The standard InChI is InChI=1S/C21H26O5.C10H7Br/c1-14(2)19(22)25-12-21(24,13-26-20(23)15(3)4)18-11-7-9-16-8-5-6-10-17(16)18;11-10-7-3-5-8-4-1-2-6-9(8)10/h5-11,14-15,24H,12-13H2,1-4H3;1-7H. The van der Waals surface area contributed by atoms with Crippen molar-refractivity contribution < 1.29 is 24.2 Å². The lowest BCUT2D eigenvalue weighted by Gasteiger charge is -2.29. The Morgan fingerprint density at radius 3 is 1.65 bits per heavy atom. The van der Waals surface area contributed by atoms with Crippen molar-refractivity contribution in [3.8, 4) is 0 Å². The lowest BCUT2D eigenvalue weighted by Crippen LogP contribution is -2.39. The van der Waals surface area contributed by atoms with Gasteiger partial charge in [0, 0.05) is 4.47 Å². The number of carbonyl (C=O) groups excluding carboxylic acids is 2. The van der Waals surface area contributed by atoms with Crippen LogP contribution in [0.25, 0.3) is 21.5 Å². The van der Waals surface area contributed by atoms with Gasteiger partial charge in [0.2, 0.25) is 0 Å². The summed E-state index contributed by atoms with van der Waals surface area (Å²) in [4.78, 5) is 23.8. The second-order valence-corrected chi connectivity index (χ2v) is 10.4. The van der Waals surface area contributed by atoms with Gasteiger partial charge in [0.1, 0.15) is 13.2 Å². The second kappa shape index (κ2) is 12.8. The molecule has 194 valence electrons. The number of carbonyl (C=O) groups is 2. The highest BCUT2D eigenvalue weighted by atomic mass is 79.9. The minimum absolute atomic E-state index is 0.288. The maximum atomic E-state index is 11.9. The van der Waals surface area contributed by atoms with Crippen molar-refractivity contribution in [2.75, 3.05) is 13.2 Å². The minimum Gasteiger partial charge on any atom is -0.462 e. The molecule has 6 heteroatoms. The summed E-state index contributed by atoms with van der Waals surface area (Å²) in [5.74, 6) is -1.47. The first-order chi connectivity index (χ1) is 17.6. The van der Waals surface area contributed by atoms with Crippen LogP contribution >= 0.6 is 15.9 Å². The summed E-state index contributed by atoms with van der Waals surface area (Å²) < 4.78 is 11.7. The van der Waals surface area contributed by atoms with E-state index in [-0.39, 0.29) is 25.0 Å². The van der Waals surface area contributed by atoms with E-state index < -0.39 is 17.5 Å². The predicted octanol–water partition coefficient (Wildman–Crippen LogP) is 7.03. The van der Waals surface area contributed by atoms with Gasteiger partial charge >= 0.3 is 11.9 Å². The summed E-state index contributed by atoms with van der Waals surface area (Å²) in [6.45, 7) is 6.30. The van der Waals surface area contributed by atoms with Gasteiger partial charge in [0.25, 0.3) is 0 Å². The highest BCUT2D eigenvalue weighted by molar-refractivity contribution is 9.10. The Kier molecular flexibility index (Phi) is 9.84. The fourth-order valence-corrected chi connectivity index (χ4v) is 4.24. The van der Waals surface area contributed by atoms with E-state index in [2.05, 4.69) is 46.3 Å². The van der Waals surface area contributed by atoms with Gasteiger partial charge in [-0.1, -0.05) is 122 Å². The van der Waals surface area contributed by atoms with Gasteiger partial charge in [-0.3, -0.25) is 9.59 Å². The van der Waals surface area contributed by atoms with Gasteiger partial charge < -0.3 is 14.6 Å². The predicted molar refractivity (Wildman–Crippen MR) is 151 cm³/mol. The van der Waals surface area contributed by atoms with Crippen LogP contribution < -0.4 is 0 Å². The van der Waals surface area contributed by atoms with Gasteiger partial charge in [-0.2, -0.15) is 0 Å². The topological polar surface area (TPSA) is 72.8 Å². The van der Waals surface area contributed by atoms with E-state index in [4.69, 9.17) is 9.47 Å². The summed E-state index contributed by atoms with van der Waals surface area (Å²) in [7, 11) is 0. The molecule has 37 heavy (non-hydrogen) atoms. The Labute approximate surface area is 226 Å². The van der Waals surface area contributed by atoms with Crippen molar-refractivity contribution in [1.29, 1.82) is 0 Å². The average Bonchev–Trinajstić information content (AvgIpc) is 2.90. The van der Waals surface area contributed by atoms with Crippen LogP contribution in [0.4, 0.5) is 0 Å². The third-order valence-corrected chi connectivity index (χ3v) is 6.57. The Morgan fingerprint density at radius 2 is 1.14 bits per heavy atom. The van der Waals surface area contributed by atoms with Crippen molar-refractivity contribution in [1.82, 2.24) is 0 Å². The number of aliphatic hydroxyl groups is 1. The van der Waals surface area contributed by atoms with Gasteiger partial charge in [0.15, 0.2) is 5.60 Å². The van der Waals surface area contributed by atoms with Crippen LogP contribution in [-0.2, 0) is 24.7 Å². The Bertz CT molecular complexity index is 1330. The van der Waals surface area contributed by atoms with Crippen LogP contribution in [0.1, 0.15) is 33.3 Å². The SMILES string of the molecule is Brc1cccc2ccccc12.CC(C)C(=O)OCC(O)(COC(=O)C(C)C)c1cccc2ccccc12. The molecule has 5 nitrogen and oxygen atoms in total. The third-order valence-electron chi connectivity index (χ3n) is 5.88. The fraction of sp³-hybridized carbons (Fsp3) is 0.290. The number of rotatable bonds is 7. The maximum absolute atomic E-state index is 11.9. The molecule has 1 N–H and O–H groups in total. The van der Waals surface area contributed by atoms with E-state index in [9.17, 15) is 14.7 Å². The van der Waals surface area contributed by atoms with Gasteiger partial charge in [-0.25, -0.2) is 0 Å². The van der Waals surface area contributed by atoms with E-state index >= 15 is 0 Å². The molecule has 4 aromatic carbocycles. The summed E-state index contributed by atoms with van der Waals surface area (Å²) in [5.41, 5.74) is -1.07. The van der Waals surface area contributed by atoms with Crippen LogP contribution in [0.5, 0.6) is 0 Å². The first-order valence-electron chi connectivity index (χ1n) is 12.3. The fourth-order valence-electron chi connectivity index (χ4n) is 3.73. The summed E-state index contributed by atoms with van der Waals surface area (Å²) in [6, 6.07) is 27.6. The largest absolute Gasteiger partial charge is 0.462 e. The molecule has 0 spiro atoms. The van der Waals surface area contributed by atoms with Crippen molar-refractivity contribution >= 4 is 49.4 Å². The molecule has 0 saturated heterocycles. The molecule has 0 aromatic heterocycles. The highest BCUT2D eigenvalue weighted by Crippen LogP contribution is 2.30. The first kappa shape index (κ1) is 28.4. The normalized spacial score (nSPS) is 11.4. The molecule has 0 bridgehead atoms. The lowest BCUT2D eigenvalue weighted by atomic mass is 9.90. The first-order valence-corrected chi connectivity index (χ1v) is 13.1. The van der Waals surface area contributed by atoms with Crippen LogP contribution in [0, 0.1) is 11.8 Å². The van der Waals surface area contributed by atoms with E-state index in [0.717, 1.165) is 15.2 Å². The Hall–Kier alpha value is -3.22. The molecule has 0 heterocycles. The van der Waals surface area contributed by atoms with Gasteiger partial charge in [0.05, 0.1) is 11.8 Å². The van der Waals surface area contributed by atoms with Crippen LogP contribution in [0.2, 0.25) is 0 Å². The molecule has 0 unspecified atom stereocenters. The van der Waals surface area contributed by atoms with Crippen LogP contribution in [-0.4, -0.2) is 30.3 Å². The monoisotopic (exact) mass is 564 g/mol. The molecule has 0 fully saturated rings. The van der Waals surface area contributed by atoms with Crippen molar-refractivity contribution in [2.24, 2.45) is 11.8 Å². The molecule has 4 aromatic rings. The van der Waals surface area contributed by atoms with E-state index in [1.807, 2.05) is 48.5 Å². The molecule has 0 radical (unpaired) electrons. The van der Waals surface area contributed by atoms with E-state index in [1.165, 1.54) is 10.8 Å². The zero-order chi connectivity index (χ0) is 27.0. The smallest absolute Gasteiger partial charge is 0.308 e. The Balaban J connectivity index is 0.000000284. The second-order valence-electron chi connectivity index (χ2n) is 9.54. The highest BCUT2D eigenvalue weighted by Gasteiger charge is 2.35. The van der Waals surface area contributed by atoms with Crippen molar-refractivity contribution in [2.45, 2.75) is 33.3 Å². The molecule has 0 aliphatic carbocycles. The van der Waals surface area contributed by atoms with Crippen LogP contribution in [0.3, 0.4) is 0 Å². The minimum atomic E-state index is -1.63. The number of hydrogen-bond acceptors (Lipinski definition) is 5. The molecular formula is C31H33BrO5. The molecule has 4 rings (SSSR count). The number of esters is 2. The van der Waals surface area contributed by atoms with Crippen molar-refractivity contribution in [3.63, 3.8) is 0 Å². The molecule has 0 aliphatic heterocycles. The summed E-state index contributed by atoms with van der Waals surface area (Å²) in [5, 5.41) is 15.6. The Morgan fingerprint density at radius 1 is 0.703 bits per heavy atom. The van der Waals surface area contributed by atoms with E-state index in [1.54, 1.807) is 33.8 Å². The lowest BCUT2D eigenvalue weighted by molar-refractivity contribution is -0.168. The molecule has 0 amide bonds. The van der Waals surface area contributed by atoms with Crippen LogP contribution in [0.15, 0.2) is 89.4 Å². The number of halogens is 1. The third kappa shape index (κ3) is 7.40. The number of hydrogen-bond donors (Lipinski definition) is 1. The van der Waals surface area contributed by atoms with E-state index in [0.29, 0.717) is 5.56 Å². The van der Waals surface area contributed by atoms with Crippen molar-refractivity contribution in [3.05, 3.63) is 95.0 Å². The zero-order valence-electron chi connectivity index (χ0n) is 21.6. The molecular weight excluding hydrogens is 532 g/mol. The average molecular weight is 566 g/mol. The number of ether oxygens (including phenoxy) is 2. The number of benzene rings is 4. The zero-order valence-corrected chi connectivity index (χ0v) is 23.2. The number of fused-ring (bicyclic) bond motifs is 2. The molecule has 0 saturated carbocycles. The molecule has 0 atom stereocenters. The summed E-state index contributed by atoms with van der Waals surface area (Å²) in [6.07, 6.45) is 0. The molecule has 0 aliphatic rings. The maximum Gasteiger partial charge on any atom is 0.308 e. The van der Waals surface area contributed by atoms with Gasteiger partial charge in [-0.05, 0) is 33.2 Å². The van der Waals surface area contributed by atoms with Gasteiger partial charge in [-0.15, -0.1) is 0 Å².